The molecule has 0 spiro atoms. The Balaban J connectivity index is 2.88. The first-order valence-corrected chi connectivity index (χ1v) is 6.33. The third kappa shape index (κ3) is 4.38. The summed E-state index contributed by atoms with van der Waals surface area (Å²) in [6.45, 7) is 1.69. The van der Waals surface area contributed by atoms with Crippen LogP contribution in [0.1, 0.15) is 12.5 Å². The molecule has 0 heterocycles. The number of amides is 1. The Labute approximate surface area is 99.9 Å². The van der Waals surface area contributed by atoms with Crippen LogP contribution in [0.2, 0.25) is 0 Å². The van der Waals surface area contributed by atoms with Gasteiger partial charge in [-0.3, -0.25) is 9.35 Å². The van der Waals surface area contributed by atoms with E-state index in [-0.39, 0.29) is 10.8 Å². The number of carbonyl (C=O) groups excluding carboxylic acids is 1. The van der Waals surface area contributed by atoms with E-state index in [4.69, 9.17) is 4.55 Å². The second kappa shape index (κ2) is 5.60. The molecule has 0 aliphatic rings. The zero-order valence-electron chi connectivity index (χ0n) is 9.25. The first-order chi connectivity index (χ1) is 7.91. The van der Waals surface area contributed by atoms with Crippen molar-refractivity contribution in [2.45, 2.75) is 11.8 Å². The Morgan fingerprint density at radius 1 is 1.41 bits per heavy atom. The molecule has 1 rings (SSSR count). The molecule has 17 heavy (non-hydrogen) atoms. The fourth-order valence-electron chi connectivity index (χ4n) is 1.24. The second-order valence-electron chi connectivity index (χ2n) is 3.35. The number of benzene rings is 1. The lowest BCUT2D eigenvalue weighted by atomic mass is 10.2. The minimum atomic E-state index is -4.23. The summed E-state index contributed by atoms with van der Waals surface area (Å²) in [7, 11) is -4.23. The number of carbonyl (C=O) groups is 1. The summed E-state index contributed by atoms with van der Waals surface area (Å²) >= 11 is 0. The Kier molecular flexibility index (Phi) is 4.42. The predicted octanol–water partition coefficient (Wildman–Crippen LogP) is 1.08. The van der Waals surface area contributed by atoms with Crippen molar-refractivity contribution in [1.82, 2.24) is 5.32 Å². The minimum absolute atomic E-state index is 0.154. The van der Waals surface area contributed by atoms with Crippen LogP contribution < -0.4 is 5.32 Å². The van der Waals surface area contributed by atoms with E-state index in [0.29, 0.717) is 12.1 Å². The summed E-state index contributed by atoms with van der Waals surface area (Å²) in [6, 6.07) is 6.06. The third-order valence-electron chi connectivity index (χ3n) is 1.96. The number of rotatable bonds is 4. The van der Waals surface area contributed by atoms with Crippen LogP contribution in [0.5, 0.6) is 0 Å². The normalized spacial score (nSPS) is 11.6. The summed E-state index contributed by atoms with van der Waals surface area (Å²) in [5, 5.41) is 2.54. The van der Waals surface area contributed by atoms with Crippen LogP contribution in [-0.2, 0) is 14.9 Å². The predicted molar refractivity (Wildman–Crippen MR) is 64.0 cm³/mol. The zero-order chi connectivity index (χ0) is 12.9. The maximum atomic E-state index is 11.0. The molecule has 1 aromatic rings. The van der Waals surface area contributed by atoms with E-state index in [0.717, 1.165) is 0 Å². The lowest BCUT2D eigenvalue weighted by molar-refractivity contribution is -0.118. The van der Waals surface area contributed by atoms with E-state index in [9.17, 15) is 13.2 Å². The smallest absolute Gasteiger partial charge is 0.295 e. The topological polar surface area (TPSA) is 83.5 Å². The van der Waals surface area contributed by atoms with Crippen molar-refractivity contribution in [1.29, 1.82) is 0 Å². The lowest BCUT2D eigenvalue weighted by Gasteiger charge is -2.02. The van der Waals surface area contributed by atoms with Gasteiger partial charge in [0, 0.05) is 13.5 Å². The van der Waals surface area contributed by atoms with Gasteiger partial charge in [0.05, 0.1) is 0 Å². The van der Waals surface area contributed by atoms with E-state index in [2.05, 4.69) is 5.32 Å². The summed E-state index contributed by atoms with van der Waals surface area (Å²) in [5.74, 6) is -0.169. The molecule has 0 fully saturated rings. The first kappa shape index (κ1) is 13.4. The second-order valence-corrected chi connectivity index (χ2v) is 4.74. The highest BCUT2D eigenvalue weighted by Crippen LogP contribution is 2.16. The molecule has 0 radical (unpaired) electrons. The van der Waals surface area contributed by atoms with Crippen molar-refractivity contribution in [3.05, 3.63) is 35.9 Å². The SMILES string of the molecule is CC(=O)NCC=Cc1ccccc1S(=O)(=O)O. The van der Waals surface area contributed by atoms with Crippen molar-refractivity contribution < 1.29 is 17.8 Å². The maximum absolute atomic E-state index is 11.0. The van der Waals surface area contributed by atoms with Gasteiger partial charge >= 0.3 is 0 Å². The van der Waals surface area contributed by atoms with Crippen molar-refractivity contribution >= 4 is 22.1 Å². The molecule has 0 bridgehead atoms. The molecule has 2 N–H and O–H groups in total. The van der Waals surface area contributed by atoms with Crippen LogP contribution in [0.15, 0.2) is 35.2 Å². The molecule has 0 saturated carbocycles. The van der Waals surface area contributed by atoms with Gasteiger partial charge < -0.3 is 5.32 Å². The molecule has 92 valence electrons. The summed E-state index contributed by atoms with van der Waals surface area (Å²) in [4.78, 5) is 10.4. The zero-order valence-corrected chi connectivity index (χ0v) is 10.1. The van der Waals surface area contributed by atoms with Crippen LogP contribution in [0.4, 0.5) is 0 Å². The average Bonchev–Trinajstić information content (AvgIpc) is 2.23. The largest absolute Gasteiger partial charge is 0.353 e. The minimum Gasteiger partial charge on any atom is -0.353 e. The molecular formula is C11H13NO4S. The first-order valence-electron chi connectivity index (χ1n) is 4.89. The lowest BCUT2D eigenvalue weighted by Crippen LogP contribution is -2.19. The Morgan fingerprint density at radius 2 is 2.06 bits per heavy atom. The highest BCUT2D eigenvalue weighted by Gasteiger charge is 2.12. The van der Waals surface area contributed by atoms with Crippen molar-refractivity contribution in [3.63, 3.8) is 0 Å². The van der Waals surface area contributed by atoms with Gasteiger partial charge in [0.25, 0.3) is 10.1 Å². The van der Waals surface area contributed by atoms with Gasteiger partial charge in [0.2, 0.25) is 5.91 Å². The van der Waals surface area contributed by atoms with Crippen LogP contribution in [0.25, 0.3) is 6.08 Å². The van der Waals surface area contributed by atoms with Gasteiger partial charge in [-0.15, -0.1) is 0 Å². The molecule has 1 aromatic carbocycles. The van der Waals surface area contributed by atoms with Crippen molar-refractivity contribution in [2.75, 3.05) is 6.54 Å². The van der Waals surface area contributed by atoms with Gasteiger partial charge in [0.1, 0.15) is 4.90 Å². The molecule has 0 atom stereocenters. The third-order valence-corrected chi connectivity index (χ3v) is 2.89. The van der Waals surface area contributed by atoms with E-state index in [1.807, 2.05) is 0 Å². The van der Waals surface area contributed by atoms with Crippen LogP contribution in [0.3, 0.4) is 0 Å². The highest BCUT2D eigenvalue weighted by molar-refractivity contribution is 7.85. The van der Waals surface area contributed by atoms with Crippen LogP contribution in [-0.4, -0.2) is 25.4 Å². The van der Waals surface area contributed by atoms with Gasteiger partial charge in [0.15, 0.2) is 0 Å². The van der Waals surface area contributed by atoms with Crippen LogP contribution >= 0.6 is 0 Å². The van der Waals surface area contributed by atoms with E-state index in [1.165, 1.54) is 25.1 Å². The number of hydrogen-bond acceptors (Lipinski definition) is 3. The average molecular weight is 255 g/mol. The monoisotopic (exact) mass is 255 g/mol. The van der Waals surface area contributed by atoms with Gasteiger partial charge in [-0.2, -0.15) is 8.42 Å². The van der Waals surface area contributed by atoms with E-state index in [1.54, 1.807) is 18.2 Å². The van der Waals surface area contributed by atoms with Gasteiger partial charge in [-0.25, -0.2) is 0 Å². The molecule has 1 amide bonds. The number of hydrogen-bond donors (Lipinski definition) is 2. The molecule has 0 unspecified atom stereocenters. The molecule has 0 aliphatic heterocycles. The summed E-state index contributed by atoms with van der Waals surface area (Å²) in [5.41, 5.74) is 0.375. The van der Waals surface area contributed by atoms with Crippen LogP contribution in [0, 0.1) is 0 Å². The molecule has 6 heteroatoms. The van der Waals surface area contributed by atoms with Crippen molar-refractivity contribution in [3.8, 4) is 0 Å². The Hall–Kier alpha value is -1.66. The fraction of sp³-hybridized carbons (Fsp3) is 0.182. The quantitative estimate of drug-likeness (QED) is 0.789. The fourth-order valence-corrected chi connectivity index (χ4v) is 1.93. The maximum Gasteiger partial charge on any atom is 0.295 e. The molecule has 0 aromatic heterocycles. The summed E-state index contributed by atoms with van der Waals surface area (Å²) in [6.07, 6.45) is 3.13. The van der Waals surface area contributed by atoms with Gasteiger partial charge in [-0.05, 0) is 11.6 Å². The standard InChI is InChI=1S/C11H13NO4S/c1-9(13)12-8-4-6-10-5-2-3-7-11(10)17(14,15)16/h2-7H,8H2,1H3,(H,12,13)(H,14,15,16). The van der Waals surface area contributed by atoms with Crippen molar-refractivity contribution in [2.24, 2.45) is 0 Å². The van der Waals surface area contributed by atoms with Gasteiger partial charge in [-0.1, -0.05) is 30.4 Å². The molecular weight excluding hydrogens is 242 g/mol. The summed E-state index contributed by atoms with van der Waals surface area (Å²) < 4.78 is 31.1. The van der Waals surface area contributed by atoms with E-state index >= 15 is 0 Å². The Bertz CT molecular complexity index is 534. The molecule has 5 nitrogen and oxygen atoms in total. The Morgan fingerprint density at radius 3 is 2.65 bits per heavy atom. The molecule has 0 saturated heterocycles. The molecule has 0 aliphatic carbocycles. The van der Waals surface area contributed by atoms with E-state index < -0.39 is 10.1 Å². The number of nitrogens with one attached hydrogen (secondary N) is 1. The highest BCUT2D eigenvalue weighted by atomic mass is 32.2.